The number of nitrogens with one attached hydrogen (secondary N) is 3. The van der Waals surface area contributed by atoms with Crippen molar-refractivity contribution in [2.45, 2.75) is 19.4 Å². The highest BCUT2D eigenvalue weighted by Crippen LogP contribution is 2.17. The van der Waals surface area contributed by atoms with Crippen LogP contribution in [0.3, 0.4) is 0 Å². The molecule has 0 fully saturated rings. The average Bonchev–Trinajstić information content (AvgIpc) is 2.66. The van der Waals surface area contributed by atoms with Gasteiger partial charge in [-0.25, -0.2) is 0 Å². The number of hydrogen-bond donors (Lipinski definition) is 3. The minimum Gasteiger partial charge on any atom is -0.355 e. The van der Waals surface area contributed by atoms with E-state index >= 15 is 0 Å². The predicted octanol–water partition coefficient (Wildman–Crippen LogP) is 2.27. The van der Waals surface area contributed by atoms with Crippen molar-refractivity contribution in [2.75, 3.05) is 19.6 Å². The summed E-state index contributed by atoms with van der Waals surface area (Å²) in [7, 11) is 0. The lowest BCUT2D eigenvalue weighted by Crippen LogP contribution is -2.36. The zero-order valence-electron chi connectivity index (χ0n) is 14.5. The van der Waals surface area contributed by atoms with Crippen molar-refractivity contribution < 1.29 is 9.59 Å². The molecular formula is C20H25N3O2. The maximum atomic E-state index is 12.5. The SMILES string of the molecule is CCNCCNC(=O)CC(NC(=O)c1ccccc1)c1ccccc1. The summed E-state index contributed by atoms with van der Waals surface area (Å²) in [6, 6.07) is 18.2. The van der Waals surface area contributed by atoms with E-state index in [1.807, 2.05) is 55.5 Å². The van der Waals surface area contributed by atoms with Crippen LogP contribution in [0.4, 0.5) is 0 Å². The normalized spacial score (nSPS) is 11.6. The van der Waals surface area contributed by atoms with Gasteiger partial charge in [-0.05, 0) is 24.2 Å². The van der Waals surface area contributed by atoms with E-state index in [9.17, 15) is 9.59 Å². The third-order valence-corrected chi connectivity index (χ3v) is 3.81. The Bertz CT molecular complexity index is 659. The van der Waals surface area contributed by atoms with Crippen molar-refractivity contribution >= 4 is 11.8 Å². The molecular weight excluding hydrogens is 314 g/mol. The second kappa shape index (κ2) is 10.3. The number of rotatable bonds is 9. The molecule has 0 radical (unpaired) electrons. The van der Waals surface area contributed by atoms with Gasteiger partial charge in [-0.1, -0.05) is 55.5 Å². The van der Waals surface area contributed by atoms with E-state index in [-0.39, 0.29) is 24.3 Å². The Morgan fingerprint density at radius 1 is 0.920 bits per heavy atom. The van der Waals surface area contributed by atoms with E-state index in [1.54, 1.807) is 12.1 Å². The molecule has 0 aliphatic carbocycles. The summed E-state index contributed by atoms with van der Waals surface area (Å²) in [4.78, 5) is 24.7. The highest BCUT2D eigenvalue weighted by molar-refractivity contribution is 5.94. The predicted molar refractivity (Wildman–Crippen MR) is 99.3 cm³/mol. The zero-order valence-corrected chi connectivity index (χ0v) is 14.5. The van der Waals surface area contributed by atoms with Gasteiger partial charge in [-0.2, -0.15) is 0 Å². The molecule has 2 aromatic rings. The van der Waals surface area contributed by atoms with Crippen LogP contribution in [0, 0.1) is 0 Å². The first kappa shape index (κ1) is 18.7. The number of benzene rings is 2. The standard InChI is InChI=1S/C20H25N3O2/c1-2-21-13-14-22-19(24)15-18(16-9-5-3-6-10-16)23-20(25)17-11-7-4-8-12-17/h3-12,18,21H,2,13-15H2,1H3,(H,22,24)(H,23,25). The molecule has 0 aliphatic rings. The van der Waals surface area contributed by atoms with Crippen LogP contribution in [0.25, 0.3) is 0 Å². The van der Waals surface area contributed by atoms with Crippen LogP contribution in [-0.4, -0.2) is 31.4 Å². The lowest BCUT2D eigenvalue weighted by molar-refractivity contribution is -0.121. The molecule has 0 aromatic heterocycles. The monoisotopic (exact) mass is 339 g/mol. The fraction of sp³-hybridized carbons (Fsp3) is 0.300. The Hall–Kier alpha value is -2.66. The molecule has 2 rings (SSSR count). The van der Waals surface area contributed by atoms with Crippen LogP contribution in [0.15, 0.2) is 60.7 Å². The molecule has 0 saturated carbocycles. The first-order valence-corrected chi connectivity index (χ1v) is 8.59. The second-order valence-electron chi connectivity index (χ2n) is 5.71. The Morgan fingerprint density at radius 3 is 2.20 bits per heavy atom. The molecule has 2 aromatic carbocycles. The Kier molecular flexibility index (Phi) is 7.66. The second-order valence-corrected chi connectivity index (χ2v) is 5.71. The first-order chi connectivity index (χ1) is 12.2. The van der Waals surface area contributed by atoms with E-state index in [1.165, 1.54) is 0 Å². The van der Waals surface area contributed by atoms with Crippen molar-refractivity contribution in [2.24, 2.45) is 0 Å². The van der Waals surface area contributed by atoms with E-state index in [0.29, 0.717) is 12.1 Å². The van der Waals surface area contributed by atoms with Gasteiger partial charge in [0, 0.05) is 18.7 Å². The molecule has 5 nitrogen and oxygen atoms in total. The van der Waals surface area contributed by atoms with E-state index in [4.69, 9.17) is 0 Å². The third kappa shape index (κ3) is 6.39. The summed E-state index contributed by atoms with van der Waals surface area (Å²) in [6.07, 6.45) is 0.203. The van der Waals surface area contributed by atoms with Crippen molar-refractivity contribution in [3.8, 4) is 0 Å². The van der Waals surface area contributed by atoms with Gasteiger partial charge < -0.3 is 16.0 Å². The molecule has 0 aliphatic heterocycles. The van der Waals surface area contributed by atoms with Gasteiger partial charge in [0.05, 0.1) is 12.5 Å². The number of carbonyl (C=O) groups excluding carboxylic acids is 2. The minimum absolute atomic E-state index is 0.0832. The van der Waals surface area contributed by atoms with Gasteiger partial charge in [0.2, 0.25) is 5.91 Å². The topological polar surface area (TPSA) is 70.2 Å². The van der Waals surface area contributed by atoms with Crippen molar-refractivity contribution in [3.63, 3.8) is 0 Å². The Balaban J connectivity index is 2.01. The fourth-order valence-corrected chi connectivity index (χ4v) is 2.49. The van der Waals surface area contributed by atoms with Crippen LogP contribution >= 0.6 is 0 Å². The highest BCUT2D eigenvalue weighted by Gasteiger charge is 2.18. The van der Waals surface area contributed by atoms with Crippen LogP contribution in [0.2, 0.25) is 0 Å². The molecule has 3 N–H and O–H groups in total. The molecule has 1 unspecified atom stereocenters. The molecule has 1 atom stereocenters. The van der Waals surface area contributed by atoms with Gasteiger partial charge in [-0.3, -0.25) is 9.59 Å². The summed E-state index contributed by atoms with van der Waals surface area (Å²) >= 11 is 0. The lowest BCUT2D eigenvalue weighted by Gasteiger charge is -2.19. The summed E-state index contributed by atoms with van der Waals surface area (Å²) in [6.45, 7) is 4.19. The molecule has 0 heterocycles. The third-order valence-electron chi connectivity index (χ3n) is 3.81. The molecule has 5 heteroatoms. The Morgan fingerprint density at radius 2 is 1.56 bits per heavy atom. The fourth-order valence-electron chi connectivity index (χ4n) is 2.49. The van der Waals surface area contributed by atoms with Gasteiger partial charge in [0.1, 0.15) is 0 Å². The van der Waals surface area contributed by atoms with Gasteiger partial charge in [-0.15, -0.1) is 0 Å². The zero-order chi connectivity index (χ0) is 17.9. The molecule has 132 valence electrons. The van der Waals surface area contributed by atoms with Crippen LogP contribution in [0.5, 0.6) is 0 Å². The molecule has 0 saturated heterocycles. The first-order valence-electron chi connectivity index (χ1n) is 8.59. The number of hydrogen-bond acceptors (Lipinski definition) is 3. The average molecular weight is 339 g/mol. The largest absolute Gasteiger partial charge is 0.355 e. The lowest BCUT2D eigenvalue weighted by atomic mass is 10.0. The number of carbonyl (C=O) groups is 2. The van der Waals surface area contributed by atoms with Crippen LogP contribution in [0.1, 0.15) is 35.3 Å². The molecule has 0 bridgehead atoms. The summed E-state index contributed by atoms with van der Waals surface area (Å²) in [5.74, 6) is -0.268. The maximum Gasteiger partial charge on any atom is 0.251 e. The van der Waals surface area contributed by atoms with E-state index in [2.05, 4.69) is 16.0 Å². The van der Waals surface area contributed by atoms with Crippen LogP contribution < -0.4 is 16.0 Å². The van der Waals surface area contributed by atoms with Crippen LogP contribution in [-0.2, 0) is 4.79 Å². The van der Waals surface area contributed by atoms with Crippen molar-refractivity contribution in [1.29, 1.82) is 0 Å². The van der Waals surface area contributed by atoms with E-state index < -0.39 is 0 Å². The van der Waals surface area contributed by atoms with E-state index in [0.717, 1.165) is 18.7 Å². The van der Waals surface area contributed by atoms with Gasteiger partial charge in [0.15, 0.2) is 0 Å². The molecule has 25 heavy (non-hydrogen) atoms. The molecule has 0 spiro atoms. The van der Waals surface area contributed by atoms with Crippen molar-refractivity contribution in [3.05, 3.63) is 71.8 Å². The smallest absolute Gasteiger partial charge is 0.251 e. The quantitative estimate of drug-likeness (QED) is 0.614. The van der Waals surface area contributed by atoms with Crippen molar-refractivity contribution in [1.82, 2.24) is 16.0 Å². The van der Waals surface area contributed by atoms with Gasteiger partial charge in [0.25, 0.3) is 5.91 Å². The highest BCUT2D eigenvalue weighted by atomic mass is 16.2. The number of likely N-dealkylation sites (N-methyl/N-ethyl adjacent to an activating group) is 1. The Labute approximate surface area is 148 Å². The minimum atomic E-state index is -0.368. The molecule has 2 amide bonds. The maximum absolute atomic E-state index is 12.5. The summed E-state index contributed by atoms with van der Waals surface area (Å²) in [5, 5.41) is 9.00. The number of amides is 2. The summed E-state index contributed by atoms with van der Waals surface area (Å²) < 4.78 is 0. The van der Waals surface area contributed by atoms with Gasteiger partial charge >= 0.3 is 0 Å². The summed E-state index contributed by atoms with van der Waals surface area (Å²) in [5.41, 5.74) is 1.49.